The summed E-state index contributed by atoms with van der Waals surface area (Å²) in [6.45, 7) is 2.67. The lowest BCUT2D eigenvalue weighted by Gasteiger charge is -2.24. The fourth-order valence-corrected chi connectivity index (χ4v) is 4.45. The molecule has 39 heavy (non-hydrogen) atoms. The molecule has 1 aliphatic rings. The number of halogens is 2. The first-order chi connectivity index (χ1) is 18.6. The van der Waals surface area contributed by atoms with Crippen molar-refractivity contribution in [2.75, 3.05) is 13.6 Å². The smallest absolute Gasteiger partial charge is 0.269 e. The summed E-state index contributed by atoms with van der Waals surface area (Å²) < 4.78 is 30.0. The first-order valence-electron chi connectivity index (χ1n) is 12.3. The summed E-state index contributed by atoms with van der Waals surface area (Å²) in [7, 11) is 1.63. The number of likely N-dealkylation sites (tertiary alicyclic amines) is 1. The Bertz CT molecular complexity index is 1550. The van der Waals surface area contributed by atoms with Gasteiger partial charge in [0.2, 0.25) is 11.8 Å². The molecule has 9 nitrogen and oxygen atoms in total. The van der Waals surface area contributed by atoms with E-state index in [2.05, 4.69) is 27.2 Å². The number of carbonyl (C=O) groups excluding carboxylic acids is 3. The molecule has 0 bridgehead atoms. The van der Waals surface area contributed by atoms with Gasteiger partial charge in [0, 0.05) is 36.5 Å². The summed E-state index contributed by atoms with van der Waals surface area (Å²) in [4.78, 5) is 43.4. The van der Waals surface area contributed by atoms with Gasteiger partial charge in [0.05, 0.1) is 17.8 Å². The maximum atomic E-state index is 14.4. The molecule has 2 heterocycles. The number of fused-ring (bicyclic) bond motifs is 1. The number of amides is 3. The number of nitrogens with two attached hydrogens (primary N) is 1. The minimum Gasteiger partial charge on any atom is -0.364 e. The van der Waals surface area contributed by atoms with E-state index >= 15 is 0 Å². The maximum Gasteiger partial charge on any atom is 0.269 e. The highest BCUT2D eigenvalue weighted by molar-refractivity contribution is 6.05. The molecule has 4 rings (SSSR count). The molecule has 0 saturated carbocycles. The van der Waals surface area contributed by atoms with Crippen LogP contribution in [-0.4, -0.2) is 63.9 Å². The third-order valence-electron chi connectivity index (χ3n) is 6.59. The molecule has 1 aliphatic heterocycles. The molecule has 202 valence electrons. The van der Waals surface area contributed by atoms with Crippen LogP contribution in [0.25, 0.3) is 10.9 Å². The monoisotopic (exact) mass is 534 g/mol. The van der Waals surface area contributed by atoms with Crippen LogP contribution in [0.2, 0.25) is 0 Å². The van der Waals surface area contributed by atoms with Crippen molar-refractivity contribution in [1.29, 1.82) is 0 Å². The minimum absolute atomic E-state index is 0.0402. The van der Waals surface area contributed by atoms with E-state index in [4.69, 9.17) is 5.73 Å². The van der Waals surface area contributed by atoms with E-state index in [1.54, 1.807) is 57.3 Å². The first-order valence-corrected chi connectivity index (χ1v) is 12.3. The second-order valence-corrected chi connectivity index (χ2v) is 9.32. The van der Waals surface area contributed by atoms with E-state index in [1.807, 2.05) is 0 Å². The molecule has 3 N–H and O–H groups in total. The predicted octanol–water partition coefficient (Wildman–Crippen LogP) is 2.28. The number of aliphatic imine (C=N–C) groups is 1. The molecule has 0 radical (unpaired) electrons. The largest absolute Gasteiger partial charge is 0.364 e. The average Bonchev–Trinajstić information content (AvgIpc) is 3.48. The molecule has 1 saturated heterocycles. The van der Waals surface area contributed by atoms with E-state index in [0.717, 1.165) is 4.90 Å². The highest BCUT2D eigenvalue weighted by Crippen LogP contribution is 2.24. The average molecular weight is 535 g/mol. The lowest BCUT2D eigenvalue weighted by molar-refractivity contribution is -0.139. The van der Waals surface area contributed by atoms with Crippen molar-refractivity contribution < 1.29 is 23.2 Å². The third kappa shape index (κ3) is 5.95. The number of hydrogen-bond acceptors (Lipinski definition) is 5. The Morgan fingerprint density at radius 3 is 2.74 bits per heavy atom. The second-order valence-electron chi connectivity index (χ2n) is 9.32. The standard InChI is InChI=1S/C28H28F2N6O3/c1-16-5-4-6-19(25(16)30)13-33-28(39)23-12-20(29)14-35(23)24(37)15-36-22-10-9-18(8-7-17(2)32-3)11-21(22)26(34-36)27(31)38/h4-6,9-11,20,23H,12-15H2,1-3H3,(H2,31,38)(H,33,39)/b32-17+/t20-,23+/m1/s1. The molecule has 1 fully saturated rings. The number of aryl methyl sites for hydroxylation is 1. The van der Waals surface area contributed by atoms with Crippen LogP contribution in [0.1, 0.15) is 40.5 Å². The van der Waals surface area contributed by atoms with Crippen molar-refractivity contribution in [2.24, 2.45) is 10.7 Å². The zero-order valence-electron chi connectivity index (χ0n) is 21.8. The van der Waals surface area contributed by atoms with E-state index in [-0.39, 0.29) is 31.7 Å². The van der Waals surface area contributed by atoms with Crippen LogP contribution in [0, 0.1) is 24.6 Å². The van der Waals surface area contributed by atoms with E-state index in [1.165, 1.54) is 4.68 Å². The van der Waals surface area contributed by atoms with Crippen molar-refractivity contribution in [1.82, 2.24) is 20.0 Å². The molecule has 2 atom stereocenters. The molecule has 2 aromatic carbocycles. The maximum absolute atomic E-state index is 14.4. The number of alkyl halides is 1. The number of aromatic nitrogens is 2. The van der Waals surface area contributed by atoms with Gasteiger partial charge in [0.15, 0.2) is 5.69 Å². The Kier molecular flexibility index (Phi) is 8.04. The van der Waals surface area contributed by atoms with Crippen molar-refractivity contribution in [3.63, 3.8) is 0 Å². The van der Waals surface area contributed by atoms with Crippen molar-refractivity contribution >= 4 is 34.3 Å². The number of primary amides is 1. The summed E-state index contributed by atoms with van der Waals surface area (Å²) in [5, 5.41) is 7.24. The van der Waals surface area contributed by atoms with Crippen LogP contribution in [0.5, 0.6) is 0 Å². The molecule has 0 spiro atoms. The third-order valence-corrected chi connectivity index (χ3v) is 6.59. The van der Waals surface area contributed by atoms with Crippen molar-refractivity contribution in [3.8, 4) is 11.8 Å². The van der Waals surface area contributed by atoms with Crippen LogP contribution >= 0.6 is 0 Å². The summed E-state index contributed by atoms with van der Waals surface area (Å²) in [6.07, 6.45) is -1.57. The quantitative estimate of drug-likeness (QED) is 0.372. The van der Waals surface area contributed by atoms with E-state index in [9.17, 15) is 23.2 Å². The fourth-order valence-electron chi connectivity index (χ4n) is 4.45. The molecule has 11 heteroatoms. The second kappa shape index (κ2) is 11.4. The van der Waals surface area contributed by atoms with Gasteiger partial charge in [0.1, 0.15) is 24.6 Å². The molecular weight excluding hydrogens is 506 g/mol. The Morgan fingerprint density at radius 1 is 1.26 bits per heavy atom. The van der Waals surface area contributed by atoms with Gasteiger partial charge in [-0.15, -0.1) is 0 Å². The molecule has 3 aromatic rings. The Labute approximate surface area is 224 Å². The van der Waals surface area contributed by atoms with Gasteiger partial charge >= 0.3 is 0 Å². The van der Waals surface area contributed by atoms with E-state index < -0.39 is 35.8 Å². The topological polar surface area (TPSA) is 123 Å². The van der Waals surface area contributed by atoms with Crippen LogP contribution in [-0.2, 0) is 22.7 Å². The summed E-state index contributed by atoms with van der Waals surface area (Å²) in [5.41, 5.74) is 7.90. The number of hydrogen-bond donors (Lipinski definition) is 2. The predicted molar refractivity (Wildman–Crippen MR) is 142 cm³/mol. The highest BCUT2D eigenvalue weighted by atomic mass is 19.1. The minimum atomic E-state index is -1.40. The lowest BCUT2D eigenvalue weighted by atomic mass is 10.1. The van der Waals surface area contributed by atoms with Gasteiger partial charge < -0.3 is 16.0 Å². The van der Waals surface area contributed by atoms with Gasteiger partial charge in [0.25, 0.3) is 5.91 Å². The Balaban J connectivity index is 1.54. The Hall–Kier alpha value is -4.59. The van der Waals surface area contributed by atoms with E-state index in [0.29, 0.717) is 33.3 Å². The van der Waals surface area contributed by atoms with Crippen molar-refractivity contribution in [3.05, 3.63) is 64.6 Å². The zero-order chi connectivity index (χ0) is 28.3. The van der Waals surface area contributed by atoms with Crippen LogP contribution in [0.4, 0.5) is 8.78 Å². The van der Waals surface area contributed by atoms with Gasteiger partial charge in [-0.05, 0) is 43.5 Å². The SMILES string of the molecule is C/N=C(\C)C#Cc1ccc2c(c1)c(C(N)=O)nn2CC(=O)N1C[C@H](F)C[C@H]1C(=O)NCc1cccc(C)c1F. The highest BCUT2D eigenvalue weighted by Gasteiger charge is 2.40. The number of rotatable bonds is 6. The fraction of sp³-hybridized carbons (Fsp3) is 0.321. The summed E-state index contributed by atoms with van der Waals surface area (Å²) in [6, 6.07) is 8.79. The molecule has 1 aromatic heterocycles. The first kappa shape index (κ1) is 27.4. The normalized spacial score (nSPS) is 17.2. The number of benzene rings is 2. The Morgan fingerprint density at radius 2 is 2.03 bits per heavy atom. The number of carbonyl (C=O) groups is 3. The van der Waals surface area contributed by atoms with Crippen LogP contribution < -0.4 is 11.1 Å². The number of nitrogens with zero attached hydrogens (tertiary/aromatic N) is 4. The van der Waals surface area contributed by atoms with Gasteiger partial charge in [-0.1, -0.05) is 24.1 Å². The van der Waals surface area contributed by atoms with Gasteiger partial charge in [-0.3, -0.25) is 24.1 Å². The van der Waals surface area contributed by atoms with Gasteiger partial charge in [-0.2, -0.15) is 5.10 Å². The lowest BCUT2D eigenvalue weighted by Crippen LogP contribution is -2.46. The molecule has 0 unspecified atom stereocenters. The molecular formula is C28H28F2N6O3. The van der Waals surface area contributed by atoms with Crippen LogP contribution in [0.15, 0.2) is 41.4 Å². The molecule has 0 aliphatic carbocycles. The van der Waals surface area contributed by atoms with Crippen LogP contribution in [0.3, 0.4) is 0 Å². The van der Waals surface area contributed by atoms with Crippen molar-refractivity contribution in [2.45, 2.75) is 45.6 Å². The summed E-state index contributed by atoms with van der Waals surface area (Å²) >= 11 is 0. The van der Waals surface area contributed by atoms with Gasteiger partial charge in [-0.25, -0.2) is 8.78 Å². The zero-order valence-corrected chi connectivity index (χ0v) is 21.8. The summed E-state index contributed by atoms with van der Waals surface area (Å²) in [5.74, 6) is 3.48. The molecule has 3 amide bonds. The number of nitrogens with one attached hydrogen (secondary N) is 1.